The zero-order chi connectivity index (χ0) is 14.7. The van der Waals surface area contributed by atoms with Crippen LogP contribution in [0.15, 0.2) is 18.2 Å². The van der Waals surface area contributed by atoms with Crippen molar-refractivity contribution in [3.8, 4) is 17.6 Å². The average Bonchev–Trinajstić information content (AvgIpc) is 2.75. The minimum Gasteiger partial charge on any atom is -0.493 e. The Kier molecular flexibility index (Phi) is 4.03. The number of methoxy groups -OCH3 is 1. The van der Waals surface area contributed by atoms with Crippen LogP contribution in [0.4, 0.5) is 0 Å². The van der Waals surface area contributed by atoms with Crippen molar-refractivity contribution >= 4 is 0 Å². The van der Waals surface area contributed by atoms with Crippen LogP contribution in [0.25, 0.3) is 0 Å². The van der Waals surface area contributed by atoms with Crippen LogP contribution in [0.5, 0.6) is 11.5 Å². The fourth-order valence-corrected chi connectivity index (χ4v) is 3.58. The monoisotopic (exact) mass is 286 g/mol. The van der Waals surface area contributed by atoms with E-state index in [4.69, 9.17) is 9.47 Å². The van der Waals surface area contributed by atoms with Gasteiger partial charge in [-0.05, 0) is 44.8 Å². The fourth-order valence-electron chi connectivity index (χ4n) is 3.58. The molecule has 2 aliphatic heterocycles. The van der Waals surface area contributed by atoms with E-state index in [0.717, 1.165) is 43.0 Å². The van der Waals surface area contributed by atoms with E-state index in [0.29, 0.717) is 6.61 Å². The number of ether oxygens (including phenoxy) is 2. The lowest BCUT2D eigenvalue weighted by atomic mass is 9.83. The molecule has 0 spiro atoms. The van der Waals surface area contributed by atoms with Gasteiger partial charge in [-0.15, -0.1) is 0 Å². The predicted molar refractivity (Wildman–Crippen MR) is 80.4 cm³/mol. The number of nitriles is 1. The van der Waals surface area contributed by atoms with Gasteiger partial charge in [-0.25, -0.2) is 0 Å². The molecular formula is C17H22N2O2. The standard InChI is InChI=1S/C17H22N2O2/c1-20-15-8-5-7-14-16(15)21-12-6-9-17(14,13-18)19-10-3-2-4-11-19/h5,7-8H,2-4,6,9-12H2,1H3. The van der Waals surface area contributed by atoms with Gasteiger partial charge in [0.2, 0.25) is 0 Å². The predicted octanol–water partition coefficient (Wildman–Crippen LogP) is 3.07. The maximum atomic E-state index is 10.0. The van der Waals surface area contributed by atoms with Gasteiger partial charge in [-0.3, -0.25) is 4.90 Å². The van der Waals surface area contributed by atoms with E-state index >= 15 is 0 Å². The number of piperidine rings is 1. The van der Waals surface area contributed by atoms with Gasteiger partial charge in [0.25, 0.3) is 0 Å². The molecule has 1 aromatic carbocycles. The summed E-state index contributed by atoms with van der Waals surface area (Å²) in [7, 11) is 1.65. The zero-order valence-corrected chi connectivity index (χ0v) is 12.6. The summed E-state index contributed by atoms with van der Waals surface area (Å²) < 4.78 is 11.4. The molecule has 2 aliphatic rings. The Morgan fingerprint density at radius 3 is 2.76 bits per heavy atom. The van der Waals surface area contributed by atoms with Crippen molar-refractivity contribution in [3.05, 3.63) is 23.8 Å². The van der Waals surface area contributed by atoms with Gasteiger partial charge in [-0.1, -0.05) is 18.6 Å². The van der Waals surface area contributed by atoms with Crippen molar-refractivity contribution in [1.82, 2.24) is 4.90 Å². The fraction of sp³-hybridized carbons (Fsp3) is 0.588. The number of nitrogens with zero attached hydrogens (tertiary/aromatic N) is 2. The second-order valence-electron chi connectivity index (χ2n) is 5.81. The Morgan fingerprint density at radius 1 is 1.24 bits per heavy atom. The number of benzene rings is 1. The molecule has 0 aromatic heterocycles. The van der Waals surface area contributed by atoms with Crippen LogP contribution in [-0.2, 0) is 5.54 Å². The lowest BCUT2D eigenvalue weighted by molar-refractivity contribution is 0.101. The summed E-state index contributed by atoms with van der Waals surface area (Å²) in [4.78, 5) is 2.35. The second kappa shape index (κ2) is 5.95. The first-order valence-corrected chi connectivity index (χ1v) is 7.78. The van der Waals surface area contributed by atoms with Gasteiger partial charge in [0.05, 0.1) is 19.8 Å². The largest absolute Gasteiger partial charge is 0.493 e. The number of hydrogen-bond acceptors (Lipinski definition) is 4. The van der Waals surface area contributed by atoms with Crippen LogP contribution in [0.2, 0.25) is 0 Å². The molecule has 1 atom stereocenters. The summed E-state index contributed by atoms with van der Waals surface area (Å²) >= 11 is 0. The Balaban J connectivity index is 2.11. The summed E-state index contributed by atoms with van der Waals surface area (Å²) in [6, 6.07) is 8.52. The summed E-state index contributed by atoms with van der Waals surface area (Å²) in [5, 5.41) is 10.0. The Hall–Kier alpha value is -1.73. The summed E-state index contributed by atoms with van der Waals surface area (Å²) in [6.07, 6.45) is 5.32. The van der Waals surface area contributed by atoms with E-state index in [1.807, 2.05) is 18.2 Å². The highest BCUT2D eigenvalue weighted by Gasteiger charge is 2.43. The van der Waals surface area contributed by atoms with Crippen molar-refractivity contribution in [2.75, 3.05) is 26.8 Å². The molecule has 1 unspecified atom stereocenters. The second-order valence-corrected chi connectivity index (χ2v) is 5.81. The first kappa shape index (κ1) is 14.2. The van der Waals surface area contributed by atoms with Gasteiger partial charge in [0.15, 0.2) is 11.5 Å². The van der Waals surface area contributed by atoms with Crippen molar-refractivity contribution < 1.29 is 9.47 Å². The SMILES string of the molecule is COc1cccc2c1OCCCC2(C#N)N1CCCCC1. The molecule has 0 N–H and O–H groups in total. The molecule has 0 aliphatic carbocycles. The van der Waals surface area contributed by atoms with Crippen LogP contribution >= 0.6 is 0 Å². The van der Waals surface area contributed by atoms with Gasteiger partial charge in [0.1, 0.15) is 5.54 Å². The van der Waals surface area contributed by atoms with Gasteiger partial charge >= 0.3 is 0 Å². The van der Waals surface area contributed by atoms with Crippen LogP contribution in [0.1, 0.15) is 37.7 Å². The Morgan fingerprint density at radius 2 is 2.05 bits per heavy atom. The third-order valence-electron chi connectivity index (χ3n) is 4.65. The highest BCUT2D eigenvalue weighted by Crippen LogP contribution is 2.45. The molecule has 1 aromatic rings. The molecular weight excluding hydrogens is 264 g/mol. The van der Waals surface area contributed by atoms with E-state index in [1.165, 1.54) is 19.3 Å². The number of rotatable bonds is 2. The van der Waals surface area contributed by atoms with Gasteiger partial charge < -0.3 is 9.47 Å². The maximum Gasteiger partial charge on any atom is 0.167 e. The first-order valence-electron chi connectivity index (χ1n) is 7.78. The Bertz CT molecular complexity index is 546. The summed E-state index contributed by atoms with van der Waals surface area (Å²) in [5.41, 5.74) is 0.407. The molecule has 0 saturated carbocycles. The van der Waals surface area contributed by atoms with E-state index in [2.05, 4.69) is 11.0 Å². The maximum absolute atomic E-state index is 10.0. The third kappa shape index (κ3) is 2.36. The molecule has 0 bridgehead atoms. The number of fused-ring (bicyclic) bond motifs is 1. The van der Waals surface area contributed by atoms with Crippen LogP contribution in [0, 0.1) is 11.3 Å². The molecule has 3 rings (SSSR count). The van der Waals surface area contributed by atoms with Gasteiger partial charge in [-0.2, -0.15) is 5.26 Å². The quantitative estimate of drug-likeness (QED) is 0.838. The van der Waals surface area contributed by atoms with Crippen molar-refractivity contribution in [1.29, 1.82) is 5.26 Å². The molecule has 0 radical (unpaired) electrons. The van der Waals surface area contributed by atoms with Crippen molar-refractivity contribution in [3.63, 3.8) is 0 Å². The molecule has 4 nitrogen and oxygen atoms in total. The minimum atomic E-state index is -0.569. The average molecular weight is 286 g/mol. The topological polar surface area (TPSA) is 45.5 Å². The van der Waals surface area contributed by atoms with Crippen LogP contribution < -0.4 is 9.47 Å². The third-order valence-corrected chi connectivity index (χ3v) is 4.65. The lowest BCUT2D eigenvalue weighted by Gasteiger charge is -2.41. The summed E-state index contributed by atoms with van der Waals surface area (Å²) in [6.45, 7) is 2.62. The van der Waals surface area contributed by atoms with Crippen molar-refractivity contribution in [2.45, 2.75) is 37.6 Å². The molecule has 1 fully saturated rings. The normalized spacial score (nSPS) is 26.1. The molecule has 112 valence electrons. The van der Waals surface area contributed by atoms with E-state index < -0.39 is 5.54 Å². The number of para-hydroxylation sites is 1. The highest BCUT2D eigenvalue weighted by atomic mass is 16.5. The van der Waals surface area contributed by atoms with E-state index in [9.17, 15) is 5.26 Å². The lowest BCUT2D eigenvalue weighted by Crippen LogP contribution is -2.47. The molecule has 4 heteroatoms. The van der Waals surface area contributed by atoms with E-state index in [-0.39, 0.29) is 0 Å². The Labute approximate surface area is 126 Å². The molecule has 2 heterocycles. The number of likely N-dealkylation sites (tertiary alicyclic amines) is 1. The highest BCUT2D eigenvalue weighted by molar-refractivity contribution is 5.52. The van der Waals surface area contributed by atoms with Crippen molar-refractivity contribution in [2.24, 2.45) is 0 Å². The molecule has 1 saturated heterocycles. The first-order chi connectivity index (χ1) is 10.3. The van der Waals surface area contributed by atoms with Gasteiger partial charge in [0, 0.05) is 5.56 Å². The smallest absolute Gasteiger partial charge is 0.167 e. The van der Waals surface area contributed by atoms with Crippen LogP contribution in [-0.4, -0.2) is 31.7 Å². The molecule has 0 amide bonds. The van der Waals surface area contributed by atoms with Crippen LogP contribution in [0.3, 0.4) is 0 Å². The number of hydrogen-bond donors (Lipinski definition) is 0. The van der Waals surface area contributed by atoms with E-state index in [1.54, 1.807) is 7.11 Å². The molecule has 21 heavy (non-hydrogen) atoms. The minimum absolute atomic E-state index is 0.569. The zero-order valence-electron chi connectivity index (χ0n) is 12.6. The summed E-state index contributed by atoms with van der Waals surface area (Å²) in [5.74, 6) is 1.48.